The van der Waals surface area contributed by atoms with Crippen LogP contribution >= 0.6 is 0 Å². The van der Waals surface area contributed by atoms with Gasteiger partial charge in [0.15, 0.2) is 11.6 Å². The Hall–Kier alpha value is -2.48. The minimum absolute atomic E-state index is 0.265. The van der Waals surface area contributed by atoms with Gasteiger partial charge >= 0.3 is 6.09 Å². The van der Waals surface area contributed by atoms with E-state index in [-0.39, 0.29) is 11.5 Å². The Morgan fingerprint density at radius 3 is 2.57 bits per heavy atom. The maximum absolute atomic E-state index is 14.6. The number of fused-ring (bicyclic) bond motifs is 1. The highest BCUT2D eigenvalue weighted by molar-refractivity contribution is 5.66. The van der Waals surface area contributed by atoms with Crippen LogP contribution in [0.5, 0.6) is 0 Å². The van der Waals surface area contributed by atoms with E-state index in [9.17, 15) is 23.8 Å². The first-order valence-electron chi connectivity index (χ1n) is 10.3. The van der Waals surface area contributed by atoms with Crippen LogP contribution in [-0.2, 0) is 12.1 Å². The third kappa shape index (κ3) is 3.47. The lowest BCUT2D eigenvalue weighted by atomic mass is 9.91. The number of aromatic nitrogens is 2. The molecule has 1 fully saturated rings. The van der Waals surface area contributed by atoms with Gasteiger partial charge in [0, 0.05) is 18.0 Å². The Balaban J connectivity index is 1.82. The lowest BCUT2D eigenvalue weighted by molar-refractivity contribution is 0.0631. The molecule has 1 aromatic carbocycles. The average molecular weight is 419 g/mol. The van der Waals surface area contributed by atoms with Crippen molar-refractivity contribution < 1.29 is 23.8 Å². The van der Waals surface area contributed by atoms with Gasteiger partial charge < -0.3 is 14.8 Å². The number of carbonyl (C=O) groups is 1. The van der Waals surface area contributed by atoms with Crippen LogP contribution in [0, 0.1) is 11.6 Å². The highest BCUT2D eigenvalue weighted by Crippen LogP contribution is 2.48. The maximum Gasteiger partial charge on any atom is 0.408 e. The number of halogens is 2. The molecule has 0 unspecified atom stereocenters. The third-order valence-electron chi connectivity index (χ3n) is 6.24. The van der Waals surface area contributed by atoms with E-state index in [1.807, 2.05) is 25.3 Å². The summed E-state index contributed by atoms with van der Waals surface area (Å²) in [6.45, 7) is 5.76. The van der Waals surface area contributed by atoms with Gasteiger partial charge in [-0.1, -0.05) is 12.1 Å². The van der Waals surface area contributed by atoms with Gasteiger partial charge in [0.2, 0.25) is 0 Å². The van der Waals surface area contributed by atoms with Crippen molar-refractivity contribution in [3.8, 4) is 0 Å². The minimum atomic E-state index is -1.07. The van der Waals surface area contributed by atoms with Crippen LogP contribution in [0.25, 0.3) is 0 Å². The summed E-state index contributed by atoms with van der Waals surface area (Å²) in [5.41, 5.74) is -0.790. The van der Waals surface area contributed by atoms with Gasteiger partial charge in [-0.3, -0.25) is 4.90 Å². The first kappa shape index (κ1) is 20.8. The Morgan fingerprint density at radius 1 is 1.27 bits per heavy atom. The molecule has 0 radical (unpaired) electrons. The molecule has 2 N–H and O–H groups in total. The molecule has 30 heavy (non-hydrogen) atoms. The molecule has 1 aliphatic heterocycles. The largest absolute Gasteiger partial charge is 0.465 e. The first-order valence-corrected chi connectivity index (χ1v) is 10.3. The van der Waals surface area contributed by atoms with Crippen LogP contribution < -0.4 is 0 Å². The molecule has 0 spiro atoms. The molecule has 2 atom stereocenters. The predicted molar refractivity (Wildman–Crippen MR) is 106 cm³/mol. The van der Waals surface area contributed by atoms with E-state index in [0.717, 1.165) is 6.07 Å². The smallest absolute Gasteiger partial charge is 0.408 e. The van der Waals surface area contributed by atoms with Gasteiger partial charge in [-0.05, 0) is 58.1 Å². The predicted octanol–water partition coefficient (Wildman–Crippen LogP) is 4.54. The van der Waals surface area contributed by atoms with Crippen molar-refractivity contribution in [3.05, 3.63) is 53.1 Å². The fraction of sp³-hybridized carbons (Fsp3) is 0.545. The second-order valence-corrected chi connectivity index (χ2v) is 9.40. The molecule has 0 bridgehead atoms. The van der Waals surface area contributed by atoms with Gasteiger partial charge in [-0.2, -0.15) is 0 Å². The van der Waals surface area contributed by atoms with Crippen molar-refractivity contribution in [2.75, 3.05) is 0 Å². The molecule has 0 saturated heterocycles. The molecule has 1 aromatic heterocycles. The quantitative estimate of drug-likeness (QED) is 0.766. The van der Waals surface area contributed by atoms with Gasteiger partial charge in [-0.25, -0.2) is 18.6 Å². The molecule has 6 nitrogen and oxygen atoms in total. The Labute approximate surface area is 174 Å². The van der Waals surface area contributed by atoms with E-state index >= 15 is 0 Å². The minimum Gasteiger partial charge on any atom is -0.465 e. The van der Waals surface area contributed by atoms with Crippen LogP contribution in [0.4, 0.5) is 13.6 Å². The second-order valence-electron chi connectivity index (χ2n) is 9.40. The Bertz CT molecular complexity index is 978. The van der Waals surface area contributed by atoms with Crippen molar-refractivity contribution >= 4 is 6.09 Å². The lowest BCUT2D eigenvalue weighted by Crippen LogP contribution is -2.47. The lowest BCUT2D eigenvalue weighted by Gasteiger charge is -2.39. The van der Waals surface area contributed by atoms with Gasteiger partial charge in [0.25, 0.3) is 0 Å². The normalized spacial score (nSPS) is 22.9. The number of hydrogen-bond donors (Lipinski definition) is 2. The van der Waals surface area contributed by atoms with Crippen LogP contribution in [0.3, 0.4) is 0 Å². The summed E-state index contributed by atoms with van der Waals surface area (Å²) in [6.07, 6.45) is 2.62. The van der Waals surface area contributed by atoms with Gasteiger partial charge in [-0.15, -0.1) is 0 Å². The van der Waals surface area contributed by atoms with Crippen LogP contribution in [0.1, 0.15) is 75.5 Å². The summed E-state index contributed by atoms with van der Waals surface area (Å²) >= 11 is 0. The van der Waals surface area contributed by atoms with Crippen LogP contribution in [0.2, 0.25) is 0 Å². The van der Waals surface area contributed by atoms with E-state index in [2.05, 4.69) is 4.98 Å². The van der Waals surface area contributed by atoms with E-state index in [0.29, 0.717) is 43.7 Å². The molecule has 4 rings (SSSR count). The molecule has 2 aliphatic rings. The van der Waals surface area contributed by atoms with Crippen LogP contribution in [-0.4, -0.2) is 36.3 Å². The first-order chi connectivity index (χ1) is 14.0. The summed E-state index contributed by atoms with van der Waals surface area (Å²) in [5, 5.41) is 20.7. The molecule has 1 aliphatic carbocycles. The fourth-order valence-corrected chi connectivity index (χ4v) is 4.62. The standard InChI is InChI=1S/C22H27F2N3O3/c1-21(2,3)27(20(28)29)16-8-7-13(14-5-4-6-15(23)18(14)24)12-26-17(11-25-19(16)26)22(30)9-10-22/h4-6,11,13,16,30H,7-10,12H2,1-3H3,(H,28,29)/t13-,16-/m1/s1. The molecular weight excluding hydrogens is 392 g/mol. The summed E-state index contributed by atoms with van der Waals surface area (Å²) in [7, 11) is 0. The van der Waals surface area contributed by atoms with Gasteiger partial charge in [0.05, 0.1) is 17.9 Å². The molecular formula is C22H27F2N3O3. The zero-order chi connectivity index (χ0) is 21.8. The average Bonchev–Trinajstić information content (AvgIpc) is 3.29. The summed E-state index contributed by atoms with van der Waals surface area (Å²) in [5.74, 6) is -1.60. The van der Waals surface area contributed by atoms with Crippen molar-refractivity contribution in [1.29, 1.82) is 0 Å². The molecule has 8 heteroatoms. The zero-order valence-corrected chi connectivity index (χ0v) is 17.4. The number of aliphatic hydroxyl groups is 1. The van der Waals surface area contributed by atoms with Crippen molar-refractivity contribution in [2.45, 2.75) is 76.1 Å². The van der Waals surface area contributed by atoms with Crippen molar-refractivity contribution in [2.24, 2.45) is 0 Å². The highest BCUT2D eigenvalue weighted by atomic mass is 19.2. The Kier molecular flexibility index (Phi) is 4.88. The SMILES string of the molecule is CC(C)(C)N(C(=O)O)[C@@H]1CC[C@@H](c2cccc(F)c2F)Cn2c(C3(O)CC3)cnc21. The maximum atomic E-state index is 14.6. The molecule has 2 aromatic rings. The number of hydrogen-bond acceptors (Lipinski definition) is 3. The van der Waals surface area contributed by atoms with Crippen molar-refractivity contribution in [1.82, 2.24) is 14.5 Å². The third-order valence-corrected chi connectivity index (χ3v) is 6.24. The van der Waals surface area contributed by atoms with Gasteiger partial charge in [0.1, 0.15) is 11.4 Å². The topological polar surface area (TPSA) is 78.6 Å². The number of nitrogens with zero attached hydrogens (tertiary/aromatic N) is 3. The van der Waals surface area contributed by atoms with Crippen molar-refractivity contribution in [3.63, 3.8) is 0 Å². The monoisotopic (exact) mass is 419 g/mol. The summed E-state index contributed by atoms with van der Waals surface area (Å²) < 4.78 is 30.3. The van der Waals surface area contributed by atoms with E-state index in [4.69, 9.17) is 0 Å². The van der Waals surface area contributed by atoms with E-state index in [1.54, 1.807) is 12.3 Å². The van der Waals surface area contributed by atoms with E-state index in [1.165, 1.54) is 11.0 Å². The number of amides is 1. The number of rotatable bonds is 3. The number of benzene rings is 1. The molecule has 1 amide bonds. The summed E-state index contributed by atoms with van der Waals surface area (Å²) in [4.78, 5) is 18.1. The van der Waals surface area contributed by atoms with E-state index < -0.39 is 34.9 Å². The highest BCUT2D eigenvalue weighted by Gasteiger charge is 2.47. The fourth-order valence-electron chi connectivity index (χ4n) is 4.62. The molecule has 162 valence electrons. The molecule has 2 heterocycles. The Morgan fingerprint density at radius 2 is 1.97 bits per heavy atom. The molecule has 1 saturated carbocycles. The number of carboxylic acid groups (broad SMARTS) is 1. The zero-order valence-electron chi connectivity index (χ0n) is 17.4. The number of imidazole rings is 1. The summed E-state index contributed by atoms with van der Waals surface area (Å²) in [6, 6.07) is 3.59. The second kappa shape index (κ2) is 7.04. The van der Waals surface area contributed by atoms with Crippen LogP contribution in [0.15, 0.2) is 24.4 Å².